The van der Waals surface area contributed by atoms with Crippen LogP contribution in [0.4, 0.5) is 0 Å². The number of fused-ring (bicyclic) bond motifs is 1. The molecule has 2 heterocycles. The standard InChI is InChI=1S/C15H27N3O3S.ClH/c1-22(20,21)18-8-5-13(6-9-18)17-14(19)15-7-3-2-4-12(15)10-16-11-15;/h12-13,16H,2-11H2,1H3,(H,17,19);1H/t12-,15+;/m0./s1. The van der Waals surface area contributed by atoms with Crippen LogP contribution in [0.5, 0.6) is 0 Å². The van der Waals surface area contributed by atoms with E-state index in [1.165, 1.54) is 17.0 Å². The highest BCUT2D eigenvalue weighted by atomic mass is 35.5. The maximum Gasteiger partial charge on any atom is 0.228 e. The van der Waals surface area contributed by atoms with Gasteiger partial charge in [-0.1, -0.05) is 12.8 Å². The predicted octanol–water partition coefficient (Wildman–Crippen LogP) is 0.728. The molecule has 134 valence electrons. The topological polar surface area (TPSA) is 78.5 Å². The van der Waals surface area contributed by atoms with Crippen molar-refractivity contribution in [3.8, 4) is 0 Å². The highest BCUT2D eigenvalue weighted by Crippen LogP contribution is 2.44. The smallest absolute Gasteiger partial charge is 0.228 e. The third-order valence-electron chi connectivity index (χ3n) is 5.75. The van der Waals surface area contributed by atoms with E-state index < -0.39 is 10.0 Å². The largest absolute Gasteiger partial charge is 0.353 e. The SMILES string of the molecule is CS(=O)(=O)N1CCC(NC(=O)[C@@]23CCCC[C@H]2CNC3)CC1.Cl. The summed E-state index contributed by atoms with van der Waals surface area (Å²) in [5, 5.41) is 6.62. The Morgan fingerprint density at radius 3 is 2.57 bits per heavy atom. The normalized spacial score (nSPS) is 32.8. The quantitative estimate of drug-likeness (QED) is 0.772. The van der Waals surface area contributed by atoms with E-state index in [4.69, 9.17) is 0 Å². The van der Waals surface area contributed by atoms with Crippen LogP contribution >= 0.6 is 12.4 Å². The second-order valence-electron chi connectivity index (χ2n) is 7.14. The van der Waals surface area contributed by atoms with Gasteiger partial charge in [-0.2, -0.15) is 0 Å². The van der Waals surface area contributed by atoms with E-state index >= 15 is 0 Å². The van der Waals surface area contributed by atoms with Crippen LogP contribution in [-0.2, 0) is 14.8 Å². The minimum atomic E-state index is -3.10. The van der Waals surface area contributed by atoms with Gasteiger partial charge in [0.05, 0.1) is 11.7 Å². The number of amides is 1. The zero-order chi connectivity index (χ0) is 15.8. The Kier molecular flexibility index (Phi) is 5.98. The van der Waals surface area contributed by atoms with Crippen LogP contribution in [0.3, 0.4) is 0 Å². The van der Waals surface area contributed by atoms with E-state index in [1.54, 1.807) is 0 Å². The second-order valence-corrected chi connectivity index (χ2v) is 9.12. The lowest BCUT2D eigenvalue weighted by molar-refractivity contribution is -0.135. The highest BCUT2D eigenvalue weighted by Gasteiger charge is 2.50. The van der Waals surface area contributed by atoms with Crippen LogP contribution in [-0.4, -0.2) is 57.1 Å². The fourth-order valence-electron chi connectivity index (χ4n) is 4.35. The van der Waals surface area contributed by atoms with Gasteiger partial charge >= 0.3 is 0 Å². The molecule has 8 heteroatoms. The number of sulfonamides is 1. The summed E-state index contributed by atoms with van der Waals surface area (Å²) in [5.74, 6) is 0.664. The van der Waals surface area contributed by atoms with Gasteiger partial charge in [-0.15, -0.1) is 12.4 Å². The van der Waals surface area contributed by atoms with Gasteiger partial charge in [0, 0.05) is 25.7 Å². The van der Waals surface area contributed by atoms with E-state index in [9.17, 15) is 13.2 Å². The number of carbonyl (C=O) groups excluding carboxylic acids is 1. The predicted molar refractivity (Wildman–Crippen MR) is 92.1 cm³/mol. The number of hydrogen-bond donors (Lipinski definition) is 2. The molecule has 0 bridgehead atoms. The molecule has 2 atom stereocenters. The summed E-state index contributed by atoms with van der Waals surface area (Å²) < 4.78 is 24.6. The third-order valence-corrected chi connectivity index (χ3v) is 7.05. The Balaban J connectivity index is 0.00000192. The Bertz CT molecular complexity index is 534. The van der Waals surface area contributed by atoms with Crippen LogP contribution in [0, 0.1) is 11.3 Å². The molecule has 2 saturated heterocycles. The summed E-state index contributed by atoms with van der Waals surface area (Å²) in [6, 6.07) is 0.114. The lowest BCUT2D eigenvalue weighted by atomic mass is 9.67. The van der Waals surface area contributed by atoms with Crippen LogP contribution in [0.25, 0.3) is 0 Å². The Hall–Kier alpha value is -0.370. The fourth-order valence-corrected chi connectivity index (χ4v) is 5.23. The zero-order valence-corrected chi connectivity index (χ0v) is 15.3. The molecule has 1 saturated carbocycles. The molecule has 0 radical (unpaired) electrons. The van der Waals surface area contributed by atoms with E-state index in [0.29, 0.717) is 31.8 Å². The van der Waals surface area contributed by atoms with Gasteiger partial charge in [-0.3, -0.25) is 4.79 Å². The Morgan fingerprint density at radius 2 is 1.91 bits per heavy atom. The number of rotatable bonds is 3. The number of hydrogen-bond acceptors (Lipinski definition) is 4. The maximum atomic E-state index is 12.9. The summed E-state index contributed by atoms with van der Waals surface area (Å²) in [6.07, 6.45) is 7.18. The molecular formula is C15H28ClN3O3S. The molecule has 3 aliphatic rings. The van der Waals surface area contributed by atoms with Crippen molar-refractivity contribution in [3.05, 3.63) is 0 Å². The summed E-state index contributed by atoms with van der Waals surface area (Å²) in [5.41, 5.74) is -0.216. The van der Waals surface area contributed by atoms with Gasteiger partial charge in [0.1, 0.15) is 0 Å². The molecule has 3 rings (SSSR count). The molecule has 6 nitrogen and oxygen atoms in total. The minimum absolute atomic E-state index is 0. The number of nitrogens with one attached hydrogen (secondary N) is 2. The molecule has 3 fully saturated rings. The highest BCUT2D eigenvalue weighted by molar-refractivity contribution is 7.88. The average molecular weight is 366 g/mol. The van der Waals surface area contributed by atoms with Gasteiger partial charge in [0.25, 0.3) is 0 Å². The van der Waals surface area contributed by atoms with Crippen molar-refractivity contribution in [3.63, 3.8) is 0 Å². The van der Waals surface area contributed by atoms with Crippen LogP contribution in [0.15, 0.2) is 0 Å². The lowest BCUT2D eigenvalue weighted by Crippen LogP contribution is -2.53. The van der Waals surface area contributed by atoms with Crippen molar-refractivity contribution in [1.29, 1.82) is 0 Å². The van der Waals surface area contributed by atoms with E-state index in [1.807, 2.05) is 0 Å². The molecule has 0 spiro atoms. The van der Waals surface area contributed by atoms with Gasteiger partial charge < -0.3 is 10.6 Å². The van der Waals surface area contributed by atoms with Crippen LogP contribution in [0.1, 0.15) is 38.5 Å². The molecule has 0 aromatic carbocycles. The van der Waals surface area contributed by atoms with Crippen molar-refractivity contribution < 1.29 is 13.2 Å². The number of halogens is 1. The number of nitrogens with zero attached hydrogens (tertiary/aromatic N) is 1. The van der Waals surface area contributed by atoms with Gasteiger partial charge in [0.15, 0.2) is 0 Å². The molecule has 2 N–H and O–H groups in total. The first-order chi connectivity index (χ1) is 10.4. The molecule has 0 aromatic rings. The van der Waals surface area contributed by atoms with E-state index in [2.05, 4.69) is 10.6 Å². The van der Waals surface area contributed by atoms with Crippen molar-refractivity contribution in [2.45, 2.75) is 44.6 Å². The van der Waals surface area contributed by atoms with Crippen molar-refractivity contribution in [2.75, 3.05) is 32.4 Å². The van der Waals surface area contributed by atoms with Crippen LogP contribution < -0.4 is 10.6 Å². The third kappa shape index (κ3) is 3.83. The van der Waals surface area contributed by atoms with Crippen molar-refractivity contribution in [2.24, 2.45) is 11.3 Å². The van der Waals surface area contributed by atoms with Gasteiger partial charge in [0.2, 0.25) is 15.9 Å². The molecule has 0 unspecified atom stereocenters. The van der Waals surface area contributed by atoms with E-state index in [0.717, 1.165) is 32.4 Å². The molecule has 1 amide bonds. The maximum absolute atomic E-state index is 12.9. The van der Waals surface area contributed by atoms with Gasteiger partial charge in [-0.05, 0) is 38.1 Å². The Morgan fingerprint density at radius 1 is 1.22 bits per heavy atom. The summed E-state index contributed by atoms with van der Waals surface area (Å²) >= 11 is 0. The van der Waals surface area contributed by atoms with Crippen molar-refractivity contribution >= 4 is 28.3 Å². The molecular weight excluding hydrogens is 338 g/mol. The fraction of sp³-hybridized carbons (Fsp3) is 0.933. The lowest BCUT2D eigenvalue weighted by Gasteiger charge is -2.39. The first kappa shape index (κ1) is 19.0. The first-order valence-electron chi connectivity index (χ1n) is 8.39. The average Bonchev–Trinajstić information content (AvgIpc) is 2.92. The van der Waals surface area contributed by atoms with Crippen molar-refractivity contribution in [1.82, 2.24) is 14.9 Å². The molecule has 23 heavy (non-hydrogen) atoms. The summed E-state index contributed by atoms with van der Waals surface area (Å²) in [7, 11) is -3.10. The zero-order valence-electron chi connectivity index (χ0n) is 13.7. The van der Waals surface area contributed by atoms with E-state index in [-0.39, 0.29) is 29.8 Å². The number of piperidine rings is 1. The molecule has 1 aliphatic carbocycles. The summed E-state index contributed by atoms with van der Waals surface area (Å²) in [6.45, 7) is 2.78. The summed E-state index contributed by atoms with van der Waals surface area (Å²) in [4.78, 5) is 12.9. The van der Waals surface area contributed by atoms with Gasteiger partial charge in [-0.25, -0.2) is 12.7 Å². The monoisotopic (exact) mass is 365 g/mol. The van der Waals surface area contributed by atoms with Crippen LogP contribution in [0.2, 0.25) is 0 Å². The molecule has 2 aliphatic heterocycles. The molecule has 0 aromatic heterocycles. The number of carbonyl (C=O) groups is 1. The Labute approximate surface area is 145 Å². The first-order valence-corrected chi connectivity index (χ1v) is 10.2. The second kappa shape index (κ2) is 7.25. The minimum Gasteiger partial charge on any atom is -0.353 e.